The molecule has 0 unspecified atom stereocenters. The number of hydrogen-bond donors (Lipinski definition) is 0. The molecule has 1 aliphatic rings. The van der Waals surface area contributed by atoms with Crippen LogP contribution in [-0.4, -0.2) is 32.7 Å². The largest absolute Gasteiger partial charge is 0.288 e. The normalized spacial score (nSPS) is 18.1. The number of benzene rings is 2. The van der Waals surface area contributed by atoms with Gasteiger partial charge in [-0.05, 0) is 43.2 Å². The SMILES string of the molecule is CC[C@H]1CSC(=Nc2cccc(C)c2)N1C(=O)c1ccc(Cl)c([N+](=O)[O-])c1. The third kappa shape index (κ3) is 4.14. The standard InChI is InChI=1S/C19H18ClN3O3S/c1-3-15-11-27-19(21-14-6-4-5-12(2)9-14)22(15)18(24)13-7-8-16(20)17(10-13)23(25)26/h4-10,15H,3,11H2,1-2H3/t15-/m0/s1. The van der Waals surface area contributed by atoms with Crippen LogP contribution >= 0.6 is 23.4 Å². The van der Waals surface area contributed by atoms with Gasteiger partial charge in [0, 0.05) is 23.4 Å². The maximum atomic E-state index is 13.1. The number of carbonyl (C=O) groups excluding carboxylic acids is 1. The zero-order valence-electron chi connectivity index (χ0n) is 14.9. The van der Waals surface area contributed by atoms with Crippen LogP contribution in [0, 0.1) is 17.0 Å². The van der Waals surface area contributed by atoms with E-state index in [9.17, 15) is 14.9 Å². The number of nitro benzene ring substituents is 1. The Morgan fingerprint density at radius 1 is 1.37 bits per heavy atom. The van der Waals surface area contributed by atoms with E-state index in [-0.39, 0.29) is 28.2 Å². The molecule has 1 heterocycles. The first kappa shape index (κ1) is 19.4. The van der Waals surface area contributed by atoms with Crippen molar-refractivity contribution in [1.29, 1.82) is 0 Å². The number of hydrogen-bond acceptors (Lipinski definition) is 5. The topological polar surface area (TPSA) is 75.8 Å². The van der Waals surface area contributed by atoms with E-state index >= 15 is 0 Å². The lowest BCUT2D eigenvalue weighted by Crippen LogP contribution is -2.39. The molecule has 27 heavy (non-hydrogen) atoms. The van der Waals surface area contributed by atoms with Crippen molar-refractivity contribution in [2.75, 3.05) is 5.75 Å². The third-order valence-corrected chi connectivity index (χ3v) is 5.70. The first-order valence-corrected chi connectivity index (χ1v) is 9.82. The summed E-state index contributed by atoms with van der Waals surface area (Å²) >= 11 is 7.38. The molecule has 8 heteroatoms. The lowest BCUT2D eigenvalue weighted by Gasteiger charge is -2.23. The molecule has 0 saturated carbocycles. The summed E-state index contributed by atoms with van der Waals surface area (Å²) in [5.41, 5.74) is 1.80. The van der Waals surface area contributed by atoms with E-state index in [2.05, 4.69) is 4.99 Å². The van der Waals surface area contributed by atoms with E-state index in [1.807, 2.05) is 38.1 Å². The maximum Gasteiger partial charge on any atom is 0.288 e. The number of rotatable bonds is 4. The molecule has 3 rings (SSSR count). The van der Waals surface area contributed by atoms with Crippen LogP contribution < -0.4 is 0 Å². The average Bonchev–Trinajstić information content (AvgIpc) is 3.03. The number of aliphatic imine (C=N–C) groups is 1. The highest BCUT2D eigenvalue weighted by Crippen LogP contribution is 2.32. The Hall–Kier alpha value is -2.38. The number of aryl methyl sites for hydroxylation is 1. The van der Waals surface area contributed by atoms with Crippen molar-refractivity contribution in [2.24, 2.45) is 4.99 Å². The second kappa shape index (κ2) is 8.10. The van der Waals surface area contributed by atoms with Gasteiger partial charge in [0.15, 0.2) is 5.17 Å². The highest BCUT2D eigenvalue weighted by molar-refractivity contribution is 8.14. The van der Waals surface area contributed by atoms with Gasteiger partial charge in [-0.2, -0.15) is 0 Å². The minimum Gasteiger partial charge on any atom is -0.283 e. The molecule has 0 aromatic heterocycles. The zero-order chi connectivity index (χ0) is 19.6. The molecule has 1 saturated heterocycles. The highest BCUT2D eigenvalue weighted by Gasteiger charge is 2.35. The lowest BCUT2D eigenvalue weighted by molar-refractivity contribution is -0.384. The molecule has 0 radical (unpaired) electrons. The molecule has 2 aromatic rings. The van der Waals surface area contributed by atoms with Crippen molar-refractivity contribution >= 4 is 45.8 Å². The van der Waals surface area contributed by atoms with Gasteiger partial charge in [-0.15, -0.1) is 0 Å². The molecule has 2 aromatic carbocycles. The van der Waals surface area contributed by atoms with Crippen LogP contribution in [0.1, 0.15) is 29.3 Å². The van der Waals surface area contributed by atoms with E-state index in [4.69, 9.17) is 11.6 Å². The number of amides is 1. The summed E-state index contributed by atoms with van der Waals surface area (Å²) in [6.45, 7) is 3.99. The molecule has 0 spiro atoms. The number of nitro groups is 1. The fourth-order valence-corrected chi connectivity index (χ4v) is 4.30. The minimum atomic E-state index is -0.586. The number of amidine groups is 1. The highest BCUT2D eigenvalue weighted by atomic mass is 35.5. The van der Waals surface area contributed by atoms with Crippen molar-refractivity contribution < 1.29 is 9.72 Å². The summed E-state index contributed by atoms with van der Waals surface area (Å²) in [5, 5.41) is 11.8. The molecule has 0 aliphatic carbocycles. The zero-order valence-corrected chi connectivity index (χ0v) is 16.5. The Balaban J connectivity index is 1.99. The van der Waals surface area contributed by atoms with E-state index in [0.717, 1.165) is 23.4 Å². The fraction of sp³-hybridized carbons (Fsp3) is 0.263. The van der Waals surface area contributed by atoms with Gasteiger partial charge in [0.1, 0.15) is 5.02 Å². The molecule has 0 N–H and O–H groups in total. The van der Waals surface area contributed by atoms with Gasteiger partial charge in [-0.3, -0.25) is 19.8 Å². The number of nitrogens with zero attached hydrogens (tertiary/aromatic N) is 3. The molecular weight excluding hydrogens is 386 g/mol. The summed E-state index contributed by atoms with van der Waals surface area (Å²) in [4.78, 5) is 30.0. The summed E-state index contributed by atoms with van der Waals surface area (Å²) in [6.07, 6.45) is 0.765. The Bertz CT molecular complexity index is 932. The second-order valence-electron chi connectivity index (χ2n) is 6.20. The maximum absolute atomic E-state index is 13.1. The molecule has 1 aliphatic heterocycles. The van der Waals surface area contributed by atoms with E-state index < -0.39 is 4.92 Å². The van der Waals surface area contributed by atoms with Crippen LogP contribution in [0.2, 0.25) is 5.02 Å². The van der Waals surface area contributed by atoms with E-state index in [1.165, 1.54) is 30.0 Å². The van der Waals surface area contributed by atoms with Crippen LogP contribution in [0.5, 0.6) is 0 Å². The lowest BCUT2D eigenvalue weighted by atomic mass is 10.1. The fourth-order valence-electron chi connectivity index (χ4n) is 2.84. The van der Waals surface area contributed by atoms with Gasteiger partial charge >= 0.3 is 0 Å². The summed E-state index contributed by atoms with van der Waals surface area (Å²) < 4.78 is 0. The van der Waals surface area contributed by atoms with Crippen LogP contribution in [0.25, 0.3) is 0 Å². The minimum absolute atomic E-state index is 0.00744. The van der Waals surface area contributed by atoms with Crippen LogP contribution in [0.15, 0.2) is 47.5 Å². The molecule has 0 bridgehead atoms. The molecule has 1 atom stereocenters. The van der Waals surface area contributed by atoms with Gasteiger partial charge in [0.25, 0.3) is 11.6 Å². The molecule has 1 fully saturated rings. The van der Waals surface area contributed by atoms with Crippen molar-refractivity contribution in [3.05, 3.63) is 68.7 Å². The average molecular weight is 404 g/mol. The molecular formula is C19H18ClN3O3S. The van der Waals surface area contributed by atoms with Crippen molar-refractivity contribution in [2.45, 2.75) is 26.3 Å². The van der Waals surface area contributed by atoms with Gasteiger partial charge in [-0.25, -0.2) is 4.99 Å². The summed E-state index contributed by atoms with van der Waals surface area (Å²) in [5.74, 6) is 0.431. The van der Waals surface area contributed by atoms with Crippen LogP contribution in [0.4, 0.5) is 11.4 Å². The van der Waals surface area contributed by atoms with Gasteiger partial charge in [0.2, 0.25) is 0 Å². The first-order chi connectivity index (χ1) is 12.9. The third-order valence-electron chi connectivity index (χ3n) is 4.28. The van der Waals surface area contributed by atoms with Crippen molar-refractivity contribution in [3.63, 3.8) is 0 Å². The molecule has 1 amide bonds. The van der Waals surface area contributed by atoms with Gasteiger partial charge in [0.05, 0.1) is 10.6 Å². The predicted molar refractivity (Wildman–Crippen MR) is 109 cm³/mol. The van der Waals surface area contributed by atoms with Gasteiger partial charge < -0.3 is 0 Å². The predicted octanol–water partition coefficient (Wildman–Crippen LogP) is 5.21. The Morgan fingerprint density at radius 2 is 2.15 bits per heavy atom. The quantitative estimate of drug-likeness (QED) is 0.518. The number of halogens is 1. The van der Waals surface area contributed by atoms with Crippen molar-refractivity contribution in [1.82, 2.24) is 4.90 Å². The van der Waals surface area contributed by atoms with Crippen LogP contribution in [0.3, 0.4) is 0 Å². The Labute approximate surface area is 166 Å². The summed E-state index contributed by atoms with van der Waals surface area (Å²) in [6, 6.07) is 11.8. The Morgan fingerprint density at radius 3 is 2.81 bits per heavy atom. The number of carbonyl (C=O) groups is 1. The van der Waals surface area contributed by atoms with Crippen LogP contribution in [-0.2, 0) is 0 Å². The first-order valence-electron chi connectivity index (χ1n) is 8.46. The molecule has 6 nitrogen and oxygen atoms in total. The van der Waals surface area contributed by atoms with E-state index in [0.29, 0.717) is 5.17 Å². The van der Waals surface area contributed by atoms with Gasteiger partial charge in [-0.1, -0.05) is 42.4 Å². The smallest absolute Gasteiger partial charge is 0.283 e. The van der Waals surface area contributed by atoms with E-state index in [1.54, 1.807) is 4.90 Å². The molecule has 140 valence electrons. The summed E-state index contributed by atoms with van der Waals surface area (Å²) in [7, 11) is 0. The second-order valence-corrected chi connectivity index (χ2v) is 7.60. The van der Waals surface area contributed by atoms with Crippen molar-refractivity contribution in [3.8, 4) is 0 Å². The monoisotopic (exact) mass is 403 g/mol. The number of thioether (sulfide) groups is 1. The Kier molecular flexibility index (Phi) is 5.82.